The number of unbranched alkanes of at least 4 members (excludes halogenated alkanes) is 4. The molecule has 2 aliphatic rings. The van der Waals surface area contributed by atoms with Gasteiger partial charge in [0.25, 0.3) is 0 Å². The number of carbonyl (C=O) groups excluding carboxylic acids is 2. The first-order chi connectivity index (χ1) is 12.5. The third-order valence-electron chi connectivity index (χ3n) is 5.07. The fourth-order valence-electron chi connectivity index (χ4n) is 3.41. The number of imide groups is 1. The van der Waals surface area contributed by atoms with Crippen LogP contribution < -0.4 is 0 Å². The van der Waals surface area contributed by atoms with E-state index in [1.54, 1.807) is 0 Å². The molecule has 0 aromatic rings. The fraction of sp³-hybridized carbons (Fsp3) is 0.750. The third-order valence-corrected chi connectivity index (χ3v) is 5.07. The number of hydrogen-bond donors (Lipinski definition) is 2. The van der Waals surface area contributed by atoms with Gasteiger partial charge in [0.1, 0.15) is 0 Å². The van der Waals surface area contributed by atoms with Crippen LogP contribution in [0.4, 0.5) is 0 Å². The smallest absolute Gasteiger partial charge is 0.331 e. The summed E-state index contributed by atoms with van der Waals surface area (Å²) in [5, 5.41) is 17.2. The summed E-state index contributed by atoms with van der Waals surface area (Å²) in [6.07, 6.45) is 11.3. The molecular formula is C20H33NO5. The van der Waals surface area contributed by atoms with E-state index in [1.807, 2.05) is 0 Å². The summed E-state index contributed by atoms with van der Waals surface area (Å²) in [5.74, 6) is -0.608. The van der Waals surface area contributed by atoms with Gasteiger partial charge in [-0.15, -0.1) is 0 Å². The van der Waals surface area contributed by atoms with Gasteiger partial charge in [-0.1, -0.05) is 45.1 Å². The molecule has 1 saturated heterocycles. The van der Waals surface area contributed by atoms with Crippen molar-refractivity contribution >= 4 is 17.8 Å². The predicted molar refractivity (Wildman–Crippen MR) is 99.5 cm³/mol. The fourth-order valence-corrected chi connectivity index (χ4v) is 3.41. The summed E-state index contributed by atoms with van der Waals surface area (Å²) in [7, 11) is 0. The average molecular weight is 367 g/mol. The van der Waals surface area contributed by atoms with E-state index in [-0.39, 0.29) is 24.3 Å². The van der Waals surface area contributed by atoms with E-state index in [1.165, 1.54) is 11.3 Å². The van der Waals surface area contributed by atoms with Crippen LogP contribution in [0.25, 0.3) is 0 Å². The van der Waals surface area contributed by atoms with E-state index in [0.717, 1.165) is 57.8 Å². The van der Waals surface area contributed by atoms with E-state index < -0.39 is 5.97 Å². The van der Waals surface area contributed by atoms with Crippen molar-refractivity contribution in [2.45, 2.75) is 77.0 Å². The number of carboxylic acids is 1. The molecule has 0 aromatic carbocycles. The minimum atomic E-state index is -0.822. The van der Waals surface area contributed by atoms with Crippen LogP contribution in [0, 0.1) is 5.92 Å². The molecule has 6 heteroatoms. The van der Waals surface area contributed by atoms with Crippen molar-refractivity contribution < 1.29 is 24.6 Å². The van der Waals surface area contributed by atoms with Gasteiger partial charge in [-0.25, -0.2) is 4.79 Å². The number of carboxylic acid groups (broad SMARTS) is 1. The zero-order chi connectivity index (χ0) is 19.4. The van der Waals surface area contributed by atoms with E-state index in [0.29, 0.717) is 25.0 Å². The Hall–Kier alpha value is -1.69. The first-order valence-corrected chi connectivity index (χ1v) is 9.83. The quantitative estimate of drug-likeness (QED) is 0.370. The first kappa shape index (κ1) is 22.4. The maximum absolute atomic E-state index is 11.2. The van der Waals surface area contributed by atoms with Crippen LogP contribution in [0.15, 0.2) is 12.2 Å². The number of aliphatic carboxylic acids is 1. The van der Waals surface area contributed by atoms with Crippen LogP contribution >= 0.6 is 0 Å². The first-order valence-electron chi connectivity index (χ1n) is 9.83. The lowest BCUT2D eigenvalue weighted by Gasteiger charge is -2.20. The molecule has 0 unspecified atom stereocenters. The van der Waals surface area contributed by atoms with Crippen molar-refractivity contribution in [2.75, 3.05) is 13.2 Å². The van der Waals surface area contributed by atoms with Crippen LogP contribution in [0.3, 0.4) is 0 Å². The molecule has 148 valence electrons. The summed E-state index contributed by atoms with van der Waals surface area (Å²) in [5.41, 5.74) is 0.407. The zero-order valence-corrected chi connectivity index (χ0v) is 15.8. The molecule has 0 radical (unpaired) electrons. The molecule has 2 N–H and O–H groups in total. The highest BCUT2D eigenvalue weighted by Crippen LogP contribution is 2.28. The topological polar surface area (TPSA) is 94.9 Å². The molecule has 0 spiro atoms. The van der Waals surface area contributed by atoms with Crippen molar-refractivity contribution in [1.29, 1.82) is 0 Å². The van der Waals surface area contributed by atoms with Crippen LogP contribution in [0.2, 0.25) is 0 Å². The second-order valence-corrected chi connectivity index (χ2v) is 7.10. The van der Waals surface area contributed by atoms with Gasteiger partial charge in [0, 0.05) is 31.6 Å². The van der Waals surface area contributed by atoms with Gasteiger partial charge in [0.2, 0.25) is 11.8 Å². The molecule has 1 aliphatic heterocycles. The second kappa shape index (κ2) is 12.6. The number of amides is 2. The average Bonchev–Trinajstić information content (AvgIpc) is 2.97. The van der Waals surface area contributed by atoms with Crippen LogP contribution in [0.1, 0.15) is 77.0 Å². The minimum absolute atomic E-state index is 0.0182. The van der Waals surface area contributed by atoms with Crippen molar-refractivity contribution in [3.05, 3.63) is 12.2 Å². The molecule has 1 aliphatic carbocycles. The number of likely N-dealkylation sites (tertiary alicyclic amines) is 1. The highest BCUT2D eigenvalue weighted by molar-refractivity contribution is 6.01. The van der Waals surface area contributed by atoms with Gasteiger partial charge in [-0.2, -0.15) is 0 Å². The van der Waals surface area contributed by atoms with Gasteiger partial charge in [-0.05, 0) is 31.6 Å². The van der Waals surface area contributed by atoms with Crippen molar-refractivity contribution in [3.63, 3.8) is 0 Å². The Labute approximate surface area is 156 Å². The number of aliphatic hydroxyl groups excluding tert-OH is 1. The largest absolute Gasteiger partial charge is 0.478 e. The van der Waals surface area contributed by atoms with Crippen molar-refractivity contribution in [3.8, 4) is 0 Å². The lowest BCUT2D eigenvalue weighted by Crippen LogP contribution is -2.29. The number of aliphatic hydroxyl groups is 1. The minimum Gasteiger partial charge on any atom is -0.478 e. The lowest BCUT2D eigenvalue weighted by molar-refractivity contribution is -0.138. The standard InChI is InChI=1S/C11H19NO3.C9H14O2/c13-9-5-3-1-2-4-8-12-10(14)6-7-11(12)15;1-7(9(10)11)8-5-3-2-4-6-8/h13H,1-9H2;8H,1-6H2,(H,10,11). The Bertz CT molecular complexity index is 467. The number of rotatable bonds is 9. The summed E-state index contributed by atoms with van der Waals surface area (Å²) in [4.78, 5) is 34.3. The summed E-state index contributed by atoms with van der Waals surface area (Å²) >= 11 is 0. The van der Waals surface area contributed by atoms with E-state index in [4.69, 9.17) is 10.2 Å². The molecule has 1 saturated carbocycles. The molecule has 1 heterocycles. The highest BCUT2D eigenvalue weighted by Gasteiger charge is 2.27. The normalized spacial score (nSPS) is 17.8. The summed E-state index contributed by atoms with van der Waals surface area (Å²) in [6.45, 7) is 4.41. The molecule has 2 fully saturated rings. The molecule has 2 rings (SSSR count). The Morgan fingerprint density at radius 1 is 0.962 bits per heavy atom. The summed E-state index contributed by atoms with van der Waals surface area (Å²) < 4.78 is 0. The third kappa shape index (κ3) is 8.13. The maximum atomic E-state index is 11.2. The van der Waals surface area contributed by atoms with E-state index >= 15 is 0 Å². The number of nitrogens with zero attached hydrogens (tertiary/aromatic N) is 1. The Balaban J connectivity index is 0.000000273. The van der Waals surface area contributed by atoms with Crippen LogP contribution in [-0.4, -0.2) is 46.0 Å². The maximum Gasteiger partial charge on any atom is 0.331 e. The second-order valence-electron chi connectivity index (χ2n) is 7.10. The van der Waals surface area contributed by atoms with Crippen LogP contribution in [0.5, 0.6) is 0 Å². The lowest BCUT2D eigenvalue weighted by atomic mass is 9.84. The van der Waals surface area contributed by atoms with E-state index in [9.17, 15) is 14.4 Å². The number of hydrogen-bond acceptors (Lipinski definition) is 4. The van der Waals surface area contributed by atoms with Gasteiger partial charge in [-0.3, -0.25) is 14.5 Å². The number of carbonyl (C=O) groups is 3. The molecule has 0 aromatic heterocycles. The molecule has 26 heavy (non-hydrogen) atoms. The Kier molecular flexibility index (Phi) is 10.9. The zero-order valence-electron chi connectivity index (χ0n) is 15.8. The van der Waals surface area contributed by atoms with Crippen LogP contribution in [-0.2, 0) is 14.4 Å². The molecule has 2 amide bonds. The Morgan fingerprint density at radius 2 is 1.50 bits per heavy atom. The van der Waals surface area contributed by atoms with Crippen molar-refractivity contribution in [1.82, 2.24) is 4.90 Å². The van der Waals surface area contributed by atoms with Gasteiger partial charge in [0.05, 0.1) is 0 Å². The molecule has 0 bridgehead atoms. The molecule has 0 atom stereocenters. The SMILES string of the molecule is C=C(C(=O)O)C1CCCCC1.O=C1CCC(=O)N1CCCCCCCO. The van der Waals surface area contributed by atoms with E-state index in [2.05, 4.69) is 6.58 Å². The molecule has 6 nitrogen and oxygen atoms in total. The molecular weight excluding hydrogens is 334 g/mol. The monoisotopic (exact) mass is 367 g/mol. The predicted octanol–water partition coefficient (Wildman–Crippen LogP) is 3.29. The van der Waals surface area contributed by atoms with Gasteiger partial charge >= 0.3 is 5.97 Å². The van der Waals surface area contributed by atoms with Gasteiger partial charge < -0.3 is 10.2 Å². The van der Waals surface area contributed by atoms with Gasteiger partial charge in [0.15, 0.2) is 0 Å². The summed E-state index contributed by atoms with van der Waals surface area (Å²) in [6, 6.07) is 0. The highest BCUT2D eigenvalue weighted by atomic mass is 16.4. The van der Waals surface area contributed by atoms with Crippen molar-refractivity contribution in [2.24, 2.45) is 5.92 Å². The Morgan fingerprint density at radius 3 is 2.04 bits per heavy atom.